The van der Waals surface area contributed by atoms with Crippen molar-refractivity contribution in [3.63, 3.8) is 0 Å². The van der Waals surface area contributed by atoms with E-state index in [-0.39, 0.29) is 11.3 Å². The third-order valence-electron chi connectivity index (χ3n) is 8.09. The number of carbonyl (C=O) groups is 1. The molecule has 1 aromatic heterocycles. The van der Waals surface area contributed by atoms with Gasteiger partial charge < -0.3 is 24.5 Å². The van der Waals surface area contributed by atoms with E-state index >= 15 is 0 Å². The minimum atomic E-state index is -0.292. The number of anilines is 1. The van der Waals surface area contributed by atoms with Crippen molar-refractivity contribution >= 4 is 45.2 Å². The van der Waals surface area contributed by atoms with Crippen LogP contribution in [0.2, 0.25) is 0 Å². The Morgan fingerprint density at radius 2 is 1.55 bits per heavy atom. The molecule has 44 heavy (non-hydrogen) atoms. The van der Waals surface area contributed by atoms with E-state index in [1.165, 1.54) is 11.1 Å². The predicted molar refractivity (Wildman–Crippen MR) is 177 cm³/mol. The summed E-state index contributed by atoms with van der Waals surface area (Å²) in [6, 6.07) is 22.6. The fraction of sp³-hybridized carbons (Fsp3) is 0.257. The Kier molecular flexibility index (Phi) is 8.77. The Morgan fingerprint density at radius 3 is 2.27 bits per heavy atom. The zero-order valence-corrected chi connectivity index (χ0v) is 25.9. The molecule has 2 heterocycles. The summed E-state index contributed by atoms with van der Waals surface area (Å²) in [4.78, 5) is 33.5. The number of pyridine rings is 1. The zero-order valence-electron chi connectivity index (χ0n) is 25.1. The van der Waals surface area contributed by atoms with E-state index in [0.717, 1.165) is 54.6 Å². The minimum absolute atomic E-state index is 0.144. The van der Waals surface area contributed by atoms with Gasteiger partial charge in [-0.3, -0.25) is 14.5 Å². The van der Waals surface area contributed by atoms with Crippen molar-refractivity contribution in [3.05, 3.63) is 99.7 Å². The van der Waals surface area contributed by atoms with E-state index < -0.39 is 0 Å². The number of ether oxygens (including phenoxy) is 3. The van der Waals surface area contributed by atoms with Crippen LogP contribution in [0.25, 0.3) is 21.8 Å². The highest BCUT2D eigenvalue weighted by Gasteiger charge is 2.19. The predicted octanol–water partition coefficient (Wildman–Crippen LogP) is 6.50. The van der Waals surface area contributed by atoms with E-state index in [9.17, 15) is 9.59 Å². The van der Waals surface area contributed by atoms with Gasteiger partial charge in [-0.15, -0.1) is 11.8 Å². The Balaban J connectivity index is 1.05. The van der Waals surface area contributed by atoms with Crippen LogP contribution in [0.15, 0.2) is 82.5 Å². The molecule has 0 saturated carbocycles. The number of fused-ring (bicyclic) bond motifs is 3. The summed E-state index contributed by atoms with van der Waals surface area (Å²) < 4.78 is 16.4. The number of nitrogens with zero attached hydrogens (tertiary/aromatic N) is 1. The van der Waals surface area contributed by atoms with E-state index in [1.807, 2.05) is 36.0 Å². The van der Waals surface area contributed by atoms with Gasteiger partial charge in [0.05, 0.1) is 37.9 Å². The number of hydrogen-bond acceptors (Lipinski definition) is 7. The van der Waals surface area contributed by atoms with Crippen molar-refractivity contribution < 1.29 is 19.0 Å². The number of methoxy groups -OCH3 is 3. The van der Waals surface area contributed by atoms with Gasteiger partial charge in [-0.25, -0.2) is 0 Å². The highest BCUT2D eigenvalue weighted by molar-refractivity contribution is 7.99. The van der Waals surface area contributed by atoms with Gasteiger partial charge in [0.1, 0.15) is 5.75 Å². The van der Waals surface area contributed by atoms with Crippen LogP contribution in [-0.4, -0.2) is 56.0 Å². The summed E-state index contributed by atoms with van der Waals surface area (Å²) in [5.41, 5.74) is 4.63. The lowest BCUT2D eigenvalue weighted by atomic mass is 9.98. The molecular formula is C35H35N3O5S. The maximum atomic E-state index is 13.3. The fourth-order valence-corrected chi connectivity index (χ4v) is 6.64. The van der Waals surface area contributed by atoms with Crippen molar-refractivity contribution in [2.45, 2.75) is 24.3 Å². The van der Waals surface area contributed by atoms with E-state index in [4.69, 9.17) is 14.2 Å². The van der Waals surface area contributed by atoms with E-state index in [0.29, 0.717) is 38.8 Å². The Labute approximate surface area is 260 Å². The summed E-state index contributed by atoms with van der Waals surface area (Å²) >= 11 is 1.81. The highest BCUT2D eigenvalue weighted by atomic mass is 32.2. The molecule has 0 fully saturated rings. The van der Waals surface area contributed by atoms with Crippen LogP contribution >= 0.6 is 11.8 Å². The van der Waals surface area contributed by atoms with Gasteiger partial charge in [-0.05, 0) is 96.9 Å². The summed E-state index contributed by atoms with van der Waals surface area (Å²) in [6.45, 7) is 2.99. The van der Waals surface area contributed by atoms with Gasteiger partial charge in [0.15, 0.2) is 16.9 Å². The second-order valence-corrected chi connectivity index (χ2v) is 11.9. The number of aromatic amines is 1. The van der Waals surface area contributed by atoms with Crippen LogP contribution in [0, 0.1) is 0 Å². The molecule has 0 aliphatic carbocycles. The molecule has 0 radical (unpaired) electrons. The number of benzene rings is 4. The first-order valence-corrected chi connectivity index (χ1v) is 15.6. The van der Waals surface area contributed by atoms with Gasteiger partial charge in [-0.2, -0.15) is 0 Å². The Morgan fingerprint density at radius 1 is 0.864 bits per heavy atom. The lowest BCUT2D eigenvalue weighted by Gasteiger charge is -2.29. The number of carbonyl (C=O) groups excluding carboxylic acids is 1. The minimum Gasteiger partial charge on any atom is -0.495 e. The summed E-state index contributed by atoms with van der Waals surface area (Å²) in [6.07, 6.45) is 2.08. The lowest BCUT2D eigenvalue weighted by Crippen LogP contribution is -2.31. The second kappa shape index (κ2) is 13.0. The third-order valence-corrected chi connectivity index (χ3v) is 9.19. The van der Waals surface area contributed by atoms with Crippen LogP contribution < -0.4 is 25.0 Å². The molecule has 1 aliphatic rings. The average Bonchev–Trinajstić information content (AvgIpc) is 3.06. The van der Waals surface area contributed by atoms with Crippen LogP contribution in [0.3, 0.4) is 0 Å². The molecule has 0 atom stereocenters. The molecule has 2 N–H and O–H groups in total. The molecular weight excluding hydrogens is 574 g/mol. The topological polar surface area (TPSA) is 92.9 Å². The van der Waals surface area contributed by atoms with Crippen molar-refractivity contribution in [1.82, 2.24) is 9.88 Å². The molecule has 5 aromatic rings. The smallest absolute Gasteiger partial charge is 0.257 e. The summed E-state index contributed by atoms with van der Waals surface area (Å²) in [5, 5.41) is 3.96. The molecule has 8 nitrogen and oxygen atoms in total. The van der Waals surface area contributed by atoms with Gasteiger partial charge in [0.2, 0.25) is 0 Å². The molecule has 1 amide bonds. The number of hydrogen-bond donors (Lipinski definition) is 2. The monoisotopic (exact) mass is 609 g/mol. The first-order valence-electron chi connectivity index (χ1n) is 14.6. The maximum Gasteiger partial charge on any atom is 0.257 e. The summed E-state index contributed by atoms with van der Waals surface area (Å²) in [7, 11) is 4.91. The lowest BCUT2D eigenvalue weighted by molar-refractivity contribution is 0.102. The fourth-order valence-electron chi connectivity index (χ4n) is 5.80. The maximum absolute atomic E-state index is 13.3. The van der Waals surface area contributed by atoms with Gasteiger partial charge in [0, 0.05) is 34.4 Å². The molecule has 1 aliphatic heterocycles. The number of H-pyrrole nitrogens is 1. The van der Waals surface area contributed by atoms with Gasteiger partial charge >= 0.3 is 0 Å². The number of nitrogens with one attached hydrogen (secondary N) is 2. The molecule has 9 heteroatoms. The number of amides is 1. The summed E-state index contributed by atoms with van der Waals surface area (Å²) in [5.74, 6) is 2.83. The highest BCUT2D eigenvalue weighted by Crippen LogP contribution is 2.33. The number of para-hydroxylation sites is 2. The van der Waals surface area contributed by atoms with Crippen molar-refractivity contribution in [2.75, 3.05) is 45.5 Å². The molecule has 0 unspecified atom stereocenters. The average molecular weight is 610 g/mol. The van der Waals surface area contributed by atoms with Crippen molar-refractivity contribution in [2.24, 2.45) is 0 Å². The quantitative estimate of drug-likeness (QED) is 0.106. The van der Waals surface area contributed by atoms with E-state index in [2.05, 4.69) is 27.3 Å². The SMILES string of the molecule is COc1cc2c(cc1OC)CN(CCCSc1ccc(NC(=O)c3cccc4c(=O)c5cccc(OC)c5[nH]c34)cc1)CC2. The number of aromatic nitrogens is 1. The van der Waals surface area contributed by atoms with Crippen LogP contribution in [0.5, 0.6) is 17.2 Å². The molecule has 0 spiro atoms. The zero-order chi connectivity index (χ0) is 30.6. The molecule has 226 valence electrons. The molecule has 0 saturated heterocycles. The molecule has 4 aromatic carbocycles. The van der Waals surface area contributed by atoms with Crippen LogP contribution in [0.4, 0.5) is 5.69 Å². The van der Waals surface area contributed by atoms with Crippen molar-refractivity contribution in [3.8, 4) is 17.2 Å². The van der Waals surface area contributed by atoms with Crippen LogP contribution in [-0.2, 0) is 13.0 Å². The third kappa shape index (κ3) is 5.98. The Hall–Kier alpha value is -4.47. The van der Waals surface area contributed by atoms with Crippen LogP contribution in [0.1, 0.15) is 27.9 Å². The normalized spacial score (nSPS) is 13.1. The standard InChI is InChI=1S/C35H35N3O5S/c1-41-29-10-5-8-27-33(29)37-32-26(34(27)39)7-4-9-28(32)35(40)36-24-11-13-25(14-12-24)44-18-6-16-38-17-15-22-19-30(42-2)31(43-3)20-23(22)21-38/h4-5,7-14,19-20H,6,15-18,21H2,1-3H3,(H,36,40)(H,37,39). The molecule has 6 rings (SSSR count). The second-order valence-electron chi connectivity index (χ2n) is 10.7. The largest absolute Gasteiger partial charge is 0.495 e. The van der Waals surface area contributed by atoms with Gasteiger partial charge in [0.25, 0.3) is 5.91 Å². The number of thioether (sulfide) groups is 1. The van der Waals surface area contributed by atoms with Gasteiger partial charge in [-0.1, -0.05) is 12.1 Å². The van der Waals surface area contributed by atoms with E-state index in [1.54, 1.807) is 57.7 Å². The first kappa shape index (κ1) is 29.6. The first-order chi connectivity index (χ1) is 21.5. The Bertz CT molecular complexity index is 1890. The van der Waals surface area contributed by atoms with Crippen molar-refractivity contribution in [1.29, 1.82) is 0 Å². The molecule has 0 bridgehead atoms. The number of rotatable bonds is 10.